The van der Waals surface area contributed by atoms with E-state index in [-0.39, 0.29) is 16.0 Å². The molecular formula is C13H12BrNO3S. The fourth-order valence-corrected chi connectivity index (χ4v) is 3.54. The van der Waals surface area contributed by atoms with Gasteiger partial charge in [0.25, 0.3) is 10.0 Å². The van der Waals surface area contributed by atoms with Gasteiger partial charge in [-0.25, -0.2) is 12.4 Å². The standard InChI is InChI=1S/C13H12BrNO3S/c1-10-12(13(16)9-14)7-8-15(10)19(17,18)11-5-3-2-4-6-11/h2-8H,9H2,1H3. The number of Topliss-reactive ketones (excluding diaryl/α,β-unsaturated/α-hetero) is 1. The summed E-state index contributed by atoms with van der Waals surface area (Å²) in [6.07, 6.45) is 1.41. The van der Waals surface area contributed by atoms with Crippen molar-refractivity contribution >= 4 is 31.7 Å². The van der Waals surface area contributed by atoms with Crippen LogP contribution in [0.15, 0.2) is 47.5 Å². The molecule has 19 heavy (non-hydrogen) atoms. The van der Waals surface area contributed by atoms with Crippen molar-refractivity contribution in [3.63, 3.8) is 0 Å². The number of nitrogens with zero attached hydrogens (tertiary/aromatic N) is 1. The molecule has 1 aromatic heterocycles. The first-order chi connectivity index (χ1) is 8.98. The van der Waals surface area contributed by atoms with Crippen LogP contribution in [0, 0.1) is 6.92 Å². The van der Waals surface area contributed by atoms with Crippen LogP contribution >= 0.6 is 15.9 Å². The molecule has 0 saturated carbocycles. The number of halogens is 1. The number of rotatable bonds is 4. The molecule has 0 amide bonds. The molecule has 0 aliphatic carbocycles. The van der Waals surface area contributed by atoms with Crippen LogP contribution in [0.5, 0.6) is 0 Å². The van der Waals surface area contributed by atoms with Gasteiger partial charge in [-0.15, -0.1) is 0 Å². The summed E-state index contributed by atoms with van der Waals surface area (Å²) < 4.78 is 26.0. The van der Waals surface area contributed by atoms with Crippen LogP contribution in [-0.2, 0) is 10.0 Å². The van der Waals surface area contributed by atoms with Crippen LogP contribution in [-0.4, -0.2) is 23.5 Å². The Morgan fingerprint density at radius 3 is 2.42 bits per heavy atom. The highest BCUT2D eigenvalue weighted by molar-refractivity contribution is 9.09. The van der Waals surface area contributed by atoms with Gasteiger partial charge in [-0.3, -0.25) is 4.79 Å². The Morgan fingerprint density at radius 2 is 1.84 bits per heavy atom. The summed E-state index contributed by atoms with van der Waals surface area (Å²) in [5, 5.41) is 0.170. The molecule has 0 aliphatic heterocycles. The Hall–Kier alpha value is -1.40. The van der Waals surface area contributed by atoms with Crippen molar-refractivity contribution in [2.75, 3.05) is 5.33 Å². The quantitative estimate of drug-likeness (QED) is 0.634. The minimum absolute atomic E-state index is 0.139. The molecule has 0 bridgehead atoms. The maximum Gasteiger partial charge on any atom is 0.267 e. The molecule has 0 fully saturated rings. The first-order valence-electron chi connectivity index (χ1n) is 5.56. The number of hydrogen-bond donors (Lipinski definition) is 0. The summed E-state index contributed by atoms with van der Waals surface area (Å²) >= 11 is 3.08. The molecular weight excluding hydrogens is 330 g/mol. The van der Waals surface area contributed by atoms with Crippen LogP contribution in [0.25, 0.3) is 0 Å². The van der Waals surface area contributed by atoms with E-state index in [4.69, 9.17) is 0 Å². The summed E-state index contributed by atoms with van der Waals surface area (Å²) in [4.78, 5) is 11.9. The predicted octanol–water partition coefficient (Wildman–Crippen LogP) is 2.61. The van der Waals surface area contributed by atoms with Gasteiger partial charge in [-0.1, -0.05) is 34.1 Å². The molecule has 0 N–H and O–H groups in total. The average molecular weight is 342 g/mol. The van der Waals surface area contributed by atoms with Crippen molar-refractivity contribution < 1.29 is 13.2 Å². The molecule has 1 aromatic carbocycles. The van der Waals surface area contributed by atoms with E-state index in [9.17, 15) is 13.2 Å². The van der Waals surface area contributed by atoms with E-state index in [0.29, 0.717) is 11.3 Å². The lowest BCUT2D eigenvalue weighted by molar-refractivity contribution is 0.102. The van der Waals surface area contributed by atoms with Crippen LogP contribution in [0.4, 0.5) is 0 Å². The summed E-state index contributed by atoms with van der Waals surface area (Å²) in [6.45, 7) is 1.62. The highest BCUT2D eigenvalue weighted by Gasteiger charge is 2.21. The lowest BCUT2D eigenvalue weighted by Gasteiger charge is -2.08. The third kappa shape index (κ3) is 2.50. The number of benzene rings is 1. The Balaban J connectivity index is 2.55. The van der Waals surface area contributed by atoms with Gasteiger partial charge in [-0.05, 0) is 25.1 Å². The number of hydrogen-bond acceptors (Lipinski definition) is 3. The van der Waals surface area contributed by atoms with E-state index in [1.165, 1.54) is 24.4 Å². The van der Waals surface area contributed by atoms with E-state index < -0.39 is 10.0 Å². The lowest BCUT2D eigenvalue weighted by Crippen LogP contribution is -2.14. The first kappa shape index (κ1) is 14.0. The maximum absolute atomic E-state index is 12.4. The molecule has 2 rings (SSSR count). The molecule has 100 valence electrons. The lowest BCUT2D eigenvalue weighted by atomic mass is 10.2. The molecule has 1 heterocycles. The zero-order chi connectivity index (χ0) is 14.0. The molecule has 0 aliphatic rings. The van der Waals surface area contributed by atoms with Crippen LogP contribution in [0.1, 0.15) is 16.1 Å². The zero-order valence-corrected chi connectivity index (χ0v) is 12.6. The second-order valence-electron chi connectivity index (χ2n) is 3.99. The van der Waals surface area contributed by atoms with Crippen molar-refractivity contribution in [3.05, 3.63) is 53.9 Å². The van der Waals surface area contributed by atoms with Crippen molar-refractivity contribution in [2.45, 2.75) is 11.8 Å². The Labute approximate surface area is 120 Å². The molecule has 6 heteroatoms. The predicted molar refractivity (Wildman–Crippen MR) is 76.3 cm³/mol. The van der Waals surface area contributed by atoms with E-state index in [1.54, 1.807) is 25.1 Å². The van der Waals surface area contributed by atoms with Crippen LogP contribution in [0.3, 0.4) is 0 Å². The summed E-state index contributed by atoms with van der Waals surface area (Å²) in [5.74, 6) is -0.139. The second kappa shape index (κ2) is 5.30. The second-order valence-corrected chi connectivity index (χ2v) is 6.36. The molecule has 0 spiro atoms. The van der Waals surface area contributed by atoms with Crippen molar-refractivity contribution in [2.24, 2.45) is 0 Å². The van der Waals surface area contributed by atoms with Gasteiger partial charge in [0.2, 0.25) is 0 Å². The molecule has 0 saturated heterocycles. The number of ketones is 1. The van der Waals surface area contributed by atoms with Gasteiger partial charge in [-0.2, -0.15) is 0 Å². The maximum atomic E-state index is 12.4. The summed E-state index contributed by atoms with van der Waals surface area (Å²) in [5.41, 5.74) is 0.838. The fraction of sp³-hybridized carbons (Fsp3) is 0.154. The smallest absolute Gasteiger partial charge is 0.267 e. The number of aromatic nitrogens is 1. The minimum atomic E-state index is -3.64. The normalized spacial score (nSPS) is 11.5. The van der Waals surface area contributed by atoms with Gasteiger partial charge >= 0.3 is 0 Å². The van der Waals surface area contributed by atoms with Crippen LogP contribution < -0.4 is 0 Å². The van der Waals surface area contributed by atoms with E-state index in [2.05, 4.69) is 15.9 Å². The molecule has 2 aromatic rings. The third-order valence-corrected chi connectivity index (χ3v) is 5.11. The Kier molecular flexibility index (Phi) is 3.91. The van der Waals surface area contributed by atoms with Gasteiger partial charge in [0.15, 0.2) is 5.78 Å². The molecule has 0 unspecified atom stereocenters. The minimum Gasteiger partial charge on any atom is -0.293 e. The number of alkyl halides is 1. The SMILES string of the molecule is Cc1c(C(=O)CBr)ccn1S(=O)(=O)c1ccccc1. The highest BCUT2D eigenvalue weighted by Crippen LogP contribution is 2.19. The molecule has 4 nitrogen and oxygen atoms in total. The Morgan fingerprint density at radius 1 is 1.21 bits per heavy atom. The van der Waals surface area contributed by atoms with Gasteiger partial charge in [0.05, 0.1) is 10.2 Å². The van der Waals surface area contributed by atoms with E-state index in [1.807, 2.05) is 0 Å². The largest absolute Gasteiger partial charge is 0.293 e. The summed E-state index contributed by atoms with van der Waals surface area (Å²) in [7, 11) is -3.64. The summed E-state index contributed by atoms with van der Waals surface area (Å²) in [6, 6.07) is 9.66. The zero-order valence-electron chi connectivity index (χ0n) is 10.2. The average Bonchev–Trinajstić information content (AvgIpc) is 2.81. The monoisotopic (exact) mass is 341 g/mol. The third-order valence-electron chi connectivity index (χ3n) is 2.82. The van der Waals surface area contributed by atoms with E-state index >= 15 is 0 Å². The molecule has 0 atom stereocenters. The number of carbonyl (C=O) groups excluding carboxylic acids is 1. The van der Waals surface area contributed by atoms with Crippen molar-refractivity contribution in [3.8, 4) is 0 Å². The highest BCUT2D eigenvalue weighted by atomic mass is 79.9. The van der Waals surface area contributed by atoms with Crippen LogP contribution in [0.2, 0.25) is 0 Å². The topological polar surface area (TPSA) is 56.1 Å². The molecule has 0 radical (unpaired) electrons. The van der Waals surface area contributed by atoms with Crippen molar-refractivity contribution in [1.29, 1.82) is 0 Å². The fourth-order valence-electron chi connectivity index (χ4n) is 1.83. The number of carbonyl (C=O) groups is 1. The first-order valence-corrected chi connectivity index (χ1v) is 8.12. The van der Waals surface area contributed by atoms with Gasteiger partial charge in [0.1, 0.15) is 0 Å². The van der Waals surface area contributed by atoms with E-state index in [0.717, 1.165) is 3.97 Å². The Bertz CT molecular complexity index is 705. The van der Waals surface area contributed by atoms with Gasteiger partial charge < -0.3 is 0 Å². The van der Waals surface area contributed by atoms with Crippen molar-refractivity contribution in [1.82, 2.24) is 3.97 Å². The van der Waals surface area contributed by atoms with Gasteiger partial charge in [0, 0.05) is 17.5 Å².